The highest BCUT2D eigenvalue weighted by Crippen LogP contribution is 2.26. The van der Waals surface area contributed by atoms with Crippen LogP contribution in [-0.4, -0.2) is 28.6 Å². The molecule has 0 bridgehead atoms. The molecule has 2 aromatic carbocycles. The zero-order valence-corrected chi connectivity index (χ0v) is 16.6. The molecule has 1 heterocycles. The average Bonchev–Trinajstić information content (AvgIpc) is 2.97. The van der Waals surface area contributed by atoms with Crippen molar-refractivity contribution in [3.05, 3.63) is 58.4 Å². The number of rotatable bonds is 7. The van der Waals surface area contributed by atoms with Gasteiger partial charge in [0.05, 0.1) is 17.6 Å². The SMILES string of the molecule is CC(=O)NCCc1nc2ccccc2n1CCOc1cc(C)c(Cl)c(C)c1. The van der Waals surface area contributed by atoms with Gasteiger partial charge in [-0.3, -0.25) is 4.79 Å². The van der Waals surface area contributed by atoms with Gasteiger partial charge in [0.1, 0.15) is 18.2 Å². The minimum Gasteiger partial charge on any atom is -0.492 e. The maximum Gasteiger partial charge on any atom is 0.216 e. The summed E-state index contributed by atoms with van der Waals surface area (Å²) in [6, 6.07) is 12.0. The van der Waals surface area contributed by atoms with Gasteiger partial charge in [-0.15, -0.1) is 0 Å². The zero-order chi connectivity index (χ0) is 19.4. The number of amides is 1. The van der Waals surface area contributed by atoms with Crippen molar-refractivity contribution in [3.63, 3.8) is 0 Å². The molecule has 142 valence electrons. The zero-order valence-electron chi connectivity index (χ0n) is 15.9. The molecule has 0 aliphatic heterocycles. The van der Waals surface area contributed by atoms with Crippen LogP contribution in [0.2, 0.25) is 5.02 Å². The van der Waals surface area contributed by atoms with Gasteiger partial charge in [-0.05, 0) is 49.2 Å². The van der Waals surface area contributed by atoms with Gasteiger partial charge in [0, 0.05) is 24.9 Å². The molecule has 27 heavy (non-hydrogen) atoms. The van der Waals surface area contributed by atoms with Crippen LogP contribution in [0.25, 0.3) is 11.0 Å². The number of fused-ring (bicyclic) bond motifs is 1. The highest BCUT2D eigenvalue weighted by atomic mass is 35.5. The first-order valence-electron chi connectivity index (χ1n) is 9.04. The third kappa shape index (κ3) is 4.61. The van der Waals surface area contributed by atoms with Gasteiger partial charge in [0.2, 0.25) is 5.91 Å². The van der Waals surface area contributed by atoms with Crippen LogP contribution in [0.3, 0.4) is 0 Å². The van der Waals surface area contributed by atoms with Gasteiger partial charge >= 0.3 is 0 Å². The summed E-state index contributed by atoms with van der Waals surface area (Å²) in [5.74, 6) is 1.73. The maximum atomic E-state index is 11.1. The Labute approximate surface area is 164 Å². The summed E-state index contributed by atoms with van der Waals surface area (Å²) in [6.45, 7) is 7.24. The average molecular weight is 386 g/mol. The van der Waals surface area contributed by atoms with E-state index in [2.05, 4.69) is 16.0 Å². The Hall–Kier alpha value is -2.53. The van der Waals surface area contributed by atoms with Gasteiger partial charge in [0.15, 0.2) is 0 Å². The number of aromatic nitrogens is 2. The number of carbonyl (C=O) groups excluding carboxylic acids is 1. The van der Waals surface area contributed by atoms with E-state index in [9.17, 15) is 4.79 Å². The Morgan fingerprint density at radius 3 is 2.63 bits per heavy atom. The lowest BCUT2D eigenvalue weighted by Gasteiger charge is -2.13. The van der Waals surface area contributed by atoms with Crippen molar-refractivity contribution in [1.29, 1.82) is 0 Å². The topological polar surface area (TPSA) is 56.2 Å². The number of halogens is 1. The standard InChI is InChI=1S/C21H24ClN3O2/c1-14-12-17(13-15(2)21(14)22)27-11-10-25-19-7-5-4-6-18(19)24-20(25)8-9-23-16(3)26/h4-7,12-13H,8-11H2,1-3H3,(H,23,26). The number of hydrogen-bond donors (Lipinski definition) is 1. The van der Waals surface area contributed by atoms with Gasteiger partial charge in [-0.25, -0.2) is 4.98 Å². The molecule has 5 nitrogen and oxygen atoms in total. The number of imidazole rings is 1. The number of carbonyl (C=O) groups is 1. The summed E-state index contributed by atoms with van der Waals surface area (Å²) < 4.78 is 8.13. The molecule has 0 saturated heterocycles. The van der Waals surface area contributed by atoms with E-state index in [-0.39, 0.29) is 5.91 Å². The Kier molecular flexibility index (Phi) is 6.01. The Bertz CT molecular complexity index is 942. The number of nitrogens with zero attached hydrogens (tertiary/aromatic N) is 2. The number of para-hydroxylation sites is 2. The molecule has 0 aliphatic rings. The van der Waals surface area contributed by atoms with Crippen LogP contribution >= 0.6 is 11.6 Å². The molecule has 1 N–H and O–H groups in total. The Balaban J connectivity index is 1.74. The number of hydrogen-bond acceptors (Lipinski definition) is 3. The number of aryl methyl sites for hydroxylation is 2. The van der Waals surface area contributed by atoms with Gasteiger partial charge < -0.3 is 14.6 Å². The van der Waals surface area contributed by atoms with E-state index < -0.39 is 0 Å². The summed E-state index contributed by atoms with van der Waals surface area (Å²) in [4.78, 5) is 15.8. The lowest BCUT2D eigenvalue weighted by atomic mass is 10.1. The predicted molar refractivity (Wildman–Crippen MR) is 109 cm³/mol. The van der Waals surface area contributed by atoms with Crippen molar-refractivity contribution in [2.24, 2.45) is 0 Å². The van der Waals surface area contributed by atoms with E-state index in [1.54, 1.807) is 0 Å². The van der Waals surface area contributed by atoms with Gasteiger partial charge in [-0.2, -0.15) is 0 Å². The second-order valence-corrected chi connectivity index (χ2v) is 7.00. The third-order valence-electron chi connectivity index (χ3n) is 4.45. The molecular weight excluding hydrogens is 362 g/mol. The molecule has 0 saturated carbocycles. The fourth-order valence-electron chi connectivity index (χ4n) is 3.16. The summed E-state index contributed by atoms with van der Waals surface area (Å²) in [5, 5.41) is 3.61. The van der Waals surface area contributed by atoms with Crippen LogP contribution in [0.1, 0.15) is 23.9 Å². The van der Waals surface area contributed by atoms with E-state index in [1.807, 2.05) is 44.2 Å². The fourth-order valence-corrected chi connectivity index (χ4v) is 3.27. The molecule has 1 amide bonds. The van der Waals surface area contributed by atoms with Crippen LogP contribution in [0, 0.1) is 13.8 Å². The summed E-state index contributed by atoms with van der Waals surface area (Å²) >= 11 is 6.22. The lowest BCUT2D eigenvalue weighted by molar-refractivity contribution is -0.118. The van der Waals surface area contributed by atoms with Crippen molar-refractivity contribution in [1.82, 2.24) is 14.9 Å². The first kappa shape index (κ1) is 19.2. The molecule has 0 fully saturated rings. The smallest absolute Gasteiger partial charge is 0.216 e. The van der Waals surface area contributed by atoms with Gasteiger partial charge in [0.25, 0.3) is 0 Å². The second-order valence-electron chi connectivity index (χ2n) is 6.62. The molecule has 3 aromatic rings. The first-order chi connectivity index (χ1) is 13.0. The van der Waals surface area contributed by atoms with Gasteiger partial charge in [-0.1, -0.05) is 23.7 Å². The highest BCUT2D eigenvalue weighted by molar-refractivity contribution is 6.32. The molecule has 0 unspecified atom stereocenters. The van der Waals surface area contributed by atoms with Crippen molar-refractivity contribution in [3.8, 4) is 5.75 Å². The molecule has 0 atom stereocenters. The quantitative estimate of drug-likeness (QED) is 0.667. The van der Waals surface area contributed by atoms with Crippen molar-refractivity contribution >= 4 is 28.5 Å². The largest absolute Gasteiger partial charge is 0.492 e. The van der Waals surface area contributed by atoms with E-state index >= 15 is 0 Å². The highest BCUT2D eigenvalue weighted by Gasteiger charge is 2.11. The fraction of sp³-hybridized carbons (Fsp3) is 0.333. The van der Waals surface area contributed by atoms with E-state index in [0.717, 1.165) is 38.8 Å². The van der Waals surface area contributed by atoms with Crippen LogP contribution < -0.4 is 10.1 Å². The first-order valence-corrected chi connectivity index (χ1v) is 9.41. The normalized spacial score (nSPS) is 11.0. The minimum absolute atomic E-state index is 0.0329. The number of benzene rings is 2. The lowest BCUT2D eigenvalue weighted by Crippen LogP contribution is -2.24. The van der Waals surface area contributed by atoms with Crippen molar-refractivity contribution in [2.75, 3.05) is 13.2 Å². The minimum atomic E-state index is -0.0329. The van der Waals surface area contributed by atoms with Crippen LogP contribution in [0.5, 0.6) is 5.75 Å². The Morgan fingerprint density at radius 2 is 1.93 bits per heavy atom. The second kappa shape index (κ2) is 8.44. The van der Waals surface area contributed by atoms with Crippen molar-refractivity contribution < 1.29 is 9.53 Å². The molecule has 0 spiro atoms. The molecule has 0 radical (unpaired) electrons. The number of ether oxygens (including phenoxy) is 1. The van der Waals surface area contributed by atoms with E-state index in [1.165, 1.54) is 6.92 Å². The number of nitrogens with one attached hydrogen (secondary N) is 1. The van der Waals surface area contributed by atoms with Crippen LogP contribution in [-0.2, 0) is 17.8 Å². The van der Waals surface area contributed by atoms with E-state index in [0.29, 0.717) is 26.1 Å². The van der Waals surface area contributed by atoms with Crippen LogP contribution in [0.15, 0.2) is 36.4 Å². The summed E-state index contributed by atoms with van der Waals surface area (Å²) in [5.41, 5.74) is 4.04. The molecule has 6 heteroatoms. The Morgan fingerprint density at radius 1 is 1.22 bits per heavy atom. The molecular formula is C21H24ClN3O2. The third-order valence-corrected chi connectivity index (χ3v) is 5.05. The summed E-state index contributed by atoms with van der Waals surface area (Å²) in [6.07, 6.45) is 0.674. The van der Waals surface area contributed by atoms with Crippen molar-refractivity contribution in [2.45, 2.75) is 33.7 Å². The maximum absolute atomic E-state index is 11.1. The molecule has 0 aliphatic carbocycles. The van der Waals surface area contributed by atoms with E-state index in [4.69, 9.17) is 21.3 Å². The molecule has 3 rings (SSSR count). The monoisotopic (exact) mass is 385 g/mol. The van der Waals surface area contributed by atoms with Crippen LogP contribution in [0.4, 0.5) is 0 Å². The molecule has 1 aromatic heterocycles. The predicted octanol–water partition coefficient (Wildman–Crippen LogP) is 4.06. The summed E-state index contributed by atoms with van der Waals surface area (Å²) in [7, 11) is 0.